The monoisotopic (exact) mass is 271 g/mol. The van der Waals surface area contributed by atoms with Gasteiger partial charge in [-0.1, -0.05) is 6.08 Å². The smallest absolute Gasteiger partial charge is 0.209 e. The molecule has 0 spiro atoms. The van der Waals surface area contributed by atoms with Crippen LogP contribution in [0.15, 0.2) is 10.8 Å². The first-order chi connectivity index (χ1) is 6.83. The Balaban J connectivity index is 1.87. The number of nitrogens with zero attached hydrogens (tertiary/aromatic N) is 2. The van der Waals surface area contributed by atoms with Crippen LogP contribution in [0.4, 0.5) is 0 Å². The van der Waals surface area contributed by atoms with E-state index in [2.05, 4.69) is 36.7 Å². The average Bonchev–Trinajstić information content (AvgIpc) is 2.75. The van der Waals surface area contributed by atoms with E-state index < -0.39 is 0 Å². The summed E-state index contributed by atoms with van der Waals surface area (Å²) in [5, 5.41) is 4.50. The summed E-state index contributed by atoms with van der Waals surface area (Å²) in [6.45, 7) is 2.29. The number of hydrogen-bond donors (Lipinski definition) is 1. The minimum absolute atomic E-state index is 0.716. The third-order valence-corrected chi connectivity index (χ3v) is 4.35. The summed E-state index contributed by atoms with van der Waals surface area (Å²) < 4.78 is 4.86. The lowest BCUT2D eigenvalue weighted by Crippen LogP contribution is -2.09. The Kier molecular flexibility index (Phi) is 2.18. The summed E-state index contributed by atoms with van der Waals surface area (Å²) in [5.41, 5.74) is 1.39. The molecule has 1 saturated heterocycles. The third kappa shape index (κ3) is 1.43. The molecule has 0 bridgehead atoms. The molecule has 5 heteroatoms. The van der Waals surface area contributed by atoms with E-state index in [-0.39, 0.29) is 0 Å². The number of rotatable bonds is 1. The van der Waals surface area contributed by atoms with Crippen molar-refractivity contribution in [1.29, 1.82) is 0 Å². The topological polar surface area (TPSA) is 37.8 Å². The van der Waals surface area contributed by atoms with Crippen molar-refractivity contribution in [1.82, 2.24) is 14.7 Å². The summed E-state index contributed by atoms with van der Waals surface area (Å²) in [5.74, 6) is 1.53. The maximum Gasteiger partial charge on any atom is 0.209 e. The molecule has 3 rings (SSSR count). The van der Waals surface area contributed by atoms with Crippen LogP contribution in [0.5, 0.6) is 0 Å². The molecule has 2 heterocycles. The van der Waals surface area contributed by atoms with Crippen LogP contribution in [0.25, 0.3) is 5.57 Å². The Morgan fingerprint density at radius 1 is 1.50 bits per heavy atom. The van der Waals surface area contributed by atoms with Crippen molar-refractivity contribution in [2.75, 3.05) is 13.1 Å². The molecule has 0 aromatic carbocycles. The SMILES string of the molecule is Brc1nsc(C2=C[C@@H]3CNC[C@@H]3C2)n1. The van der Waals surface area contributed by atoms with Crippen molar-refractivity contribution >= 4 is 33.0 Å². The van der Waals surface area contributed by atoms with Gasteiger partial charge in [0.2, 0.25) is 4.73 Å². The molecule has 1 N–H and O–H groups in total. The van der Waals surface area contributed by atoms with E-state index >= 15 is 0 Å². The second-order valence-corrected chi connectivity index (χ2v) is 5.31. The van der Waals surface area contributed by atoms with Crippen LogP contribution in [0.3, 0.4) is 0 Å². The van der Waals surface area contributed by atoms with Crippen LogP contribution in [-0.2, 0) is 0 Å². The summed E-state index contributed by atoms with van der Waals surface area (Å²) >= 11 is 4.78. The highest BCUT2D eigenvalue weighted by molar-refractivity contribution is 9.10. The van der Waals surface area contributed by atoms with Gasteiger partial charge in [0.25, 0.3) is 0 Å². The molecule has 3 nitrogen and oxygen atoms in total. The highest BCUT2D eigenvalue weighted by atomic mass is 79.9. The predicted molar refractivity (Wildman–Crippen MR) is 60.1 cm³/mol. The molecule has 2 atom stereocenters. The first kappa shape index (κ1) is 9.00. The van der Waals surface area contributed by atoms with Crippen LogP contribution in [0.2, 0.25) is 0 Å². The van der Waals surface area contributed by atoms with Gasteiger partial charge in [-0.05, 0) is 57.8 Å². The summed E-state index contributed by atoms with van der Waals surface area (Å²) in [4.78, 5) is 4.36. The molecule has 1 aliphatic carbocycles. The van der Waals surface area contributed by atoms with Crippen molar-refractivity contribution in [3.05, 3.63) is 15.8 Å². The Morgan fingerprint density at radius 2 is 2.43 bits per heavy atom. The molecule has 14 heavy (non-hydrogen) atoms. The van der Waals surface area contributed by atoms with Gasteiger partial charge in [-0.2, -0.15) is 4.37 Å². The summed E-state index contributed by atoms with van der Waals surface area (Å²) in [6, 6.07) is 0. The molecule has 0 saturated carbocycles. The Morgan fingerprint density at radius 3 is 3.14 bits per heavy atom. The Bertz CT molecular complexity index is 387. The largest absolute Gasteiger partial charge is 0.316 e. The Hall–Kier alpha value is -0.260. The number of aromatic nitrogens is 2. The van der Waals surface area contributed by atoms with Gasteiger partial charge in [-0.25, -0.2) is 4.98 Å². The normalized spacial score (nSPS) is 30.5. The quantitative estimate of drug-likeness (QED) is 0.848. The Labute approximate surface area is 94.9 Å². The van der Waals surface area contributed by atoms with E-state index in [1.54, 1.807) is 0 Å². The van der Waals surface area contributed by atoms with E-state index in [1.165, 1.54) is 23.5 Å². The minimum Gasteiger partial charge on any atom is -0.316 e. The van der Waals surface area contributed by atoms with Gasteiger partial charge in [-0.3, -0.25) is 0 Å². The van der Waals surface area contributed by atoms with Crippen LogP contribution < -0.4 is 5.32 Å². The zero-order valence-corrected chi connectivity index (χ0v) is 9.94. The number of halogens is 1. The predicted octanol–water partition coefficient (Wildman–Crippen LogP) is 1.92. The van der Waals surface area contributed by atoms with Crippen molar-refractivity contribution in [3.8, 4) is 0 Å². The second-order valence-electron chi connectivity index (χ2n) is 3.85. The van der Waals surface area contributed by atoms with Gasteiger partial charge in [0.05, 0.1) is 0 Å². The van der Waals surface area contributed by atoms with Crippen LogP contribution >= 0.6 is 27.5 Å². The molecular formula is C9H10BrN3S. The molecule has 2 aliphatic rings. The van der Waals surface area contributed by atoms with Gasteiger partial charge in [0.1, 0.15) is 5.01 Å². The molecule has 74 valence electrons. The van der Waals surface area contributed by atoms with Gasteiger partial charge in [0.15, 0.2) is 0 Å². The number of nitrogens with one attached hydrogen (secondary N) is 1. The zero-order valence-electron chi connectivity index (χ0n) is 7.53. The van der Waals surface area contributed by atoms with Crippen molar-refractivity contribution in [3.63, 3.8) is 0 Å². The molecule has 1 aromatic heterocycles. The van der Waals surface area contributed by atoms with Crippen molar-refractivity contribution in [2.24, 2.45) is 11.8 Å². The van der Waals surface area contributed by atoms with E-state index in [1.807, 2.05) is 0 Å². The maximum atomic E-state index is 4.36. The minimum atomic E-state index is 0.716. The molecule has 1 fully saturated rings. The summed E-state index contributed by atoms with van der Waals surface area (Å²) in [6.07, 6.45) is 3.54. The van der Waals surface area contributed by atoms with Crippen LogP contribution in [-0.4, -0.2) is 22.4 Å². The standard InChI is InChI=1S/C9H10BrN3S/c10-9-12-8(14-13-9)5-1-6-3-11-4-7(6)2-5/h1,6-7,11H,2-4H2/t6-,7+/m1/s1. The van der Waals surface area contributed by atoms with Gasteiger partial charge in [-0.15, -0.1) is 0 Å². The number of allylic oxidation sites excluding steroid dienone is 1. The first-order valence-corrected chi connectivity index (χ1v) is 6.30. The van der Waals surface area contributed by atoms with E-state index in [0.717, 1.165) is 29.9 Å². The van der Waals surface area contributed by atoms with E-state index in [0.29, 0.717) is 4.73 Å². The van der Waals surface area contributed by atoms with Crippen molar-refractivity contribution < 1.29 is 0 Å². The van der Waals surface area contributed by atoms with Gasteiger partial charge in [0, 0.05) is 6.54 Å². The van der Waals surface area contributed by atoms with E-state index in [4.69, 9.17) is 0 Å². The fourth-order valence-corrected chi connectivity index (χ4v) is 3.39. The molecule has 1 aromatic rings. The molecular weight excluding hydrogens is 262 g/mol. The lowest BCUT2D eigenvalue weighted by molar-refractivity contribution is 0.536. The number of hydrogen-bond acceptors (Lipinski definition) is 4. The third-order valence-electron chi connectivity index (χ3n) is 2.97. The van der Waals surface area contributed by atoms with Gasteiger partial charge >= 0.3 is 0 Å². The van der Waals surface area contributed by atoms with Crippen LogP contribution in [0.1, 0.15) is 11.4 Å². The fourth-order valence-electron chi connectivity index (χ4n) is 2.28. The summed E-state index contributed by atoms with van der Waals surface area (Å²) in [7, 11) is 0. The van der Waals surface area contributed by atoms with Crippen LogP contribution in [0, 0.1) is 11.8 Å². The molecule has 0 unspecified atom stereocenters. The molecule has 0 amide bonds. The highest BCUT2D eigenvalue weighted by Crippen LogP contribution is 2.38. The number of fused-ring (bicyclic) bond motifs is 1. The zero-order chi connectivity index (χ0) is 9.54. The van der Waals surface area contributed by atoms with Crippen molar-refractivity contribution in [2.45, 2.75) is 6.42 Å². The maximum absolute atomic E-state index is 4.36. The molecule has 1 aliphatic heterocycles. The highest BCUT2D eigenvalue weighted by Gasteiger charge is 2.32. The van der Waals surface area contributed by atoms with Gasteiger partial charge < -0.3 is 5.32 Å². The first-order valence-electron chi connectivity index (χ1n) is 4.74. The second kappa shape index (κ2) is 3.40. The lowest BCUT2D eigenvalue weighted by atomic mass is 10.00. The van der Waals surface area contributed by atoms with E-state index in [9.17, 15) is 0 Å². The molecule has 0 radical (unpaired) electrons. The average molecular weight is 272 g/mol. The lowest BCUT2D eigenvalue weighted by Gasteiger charge is -2.04. The fraction of sp³-hybridized carbons (Fsp3) is 0.556.